The van der Waals surface area contributed by atoms with Gasteiger partial charge in [0.25, 0.3) is 0 Å². The molecule has 2 aromatic rings. The monoisotopic (exact) mass is 377 g/mol. The van der Waals surface area contributed by atoms with Gasteiger partial charge in [0.2, 0.25) is 0 Å². The minimum Gasteiger partial charge on any atom is -0.494 e. The third kappa shape index (κ3) is 5.75. The third-order valence-corrected chi connectivity index (χ3v) is 5.43. The van der Waals surface area contributed by atoms with Crippen molar-refractivity contribution in [1.29, 1.82) is 0 Å². The number of rotatable bonds is 9. The molecule has 2 rings (SSSR count). The average molecular weight is 378 g/mol. The van der Waals surface area contributed by atoms with Gasteiger partial charge >= 0.3 is 0 Å². The second kappa shape index (κ2) is 9.05. The van der Waals surface area contributed by atoms with E-state index < -0.39 is 9.84 Å². The summed E-state index contributed by atoms with van der Waals surface area (Å²) < 4.78 is 34.3. The van der Waals surface area contributed by atoms with Crippen LogP contribution >= 0.6 is 0 Å². The van der Waals surface area contributed by atoms with Crippen LogP contribution in [0.4, 0.5) is 0 Å². The van der Waals surface area contributed by atoms with Gasteiger partial charge in [0.05, 0.1) is 11.5 Å². The average Bonchev–Trinajstić information content (AvgIpc) is 2.62. The van der Waals surface area contributed by atoms with Crippen LogP contribution in [0.15, 0.2) is 53.4 Å². The molecule has 0 spiro atoms. The van der Waals surface area contributed by atoms with Gasteiger partial charge < -0.3 is 9.47 Å². The van der Waals surface area contributed by atoms with E-state index in [2.05, 4.69) is 11.8 Å². The van der Waals surface area contributed by atoms with Crippen molar-refractivity contribution in [2.75, 3.05) is 33.1 Å². The smallest absolute Gasteiger partial charge is 0.175 e. The van der Waals surface area contributed by atoms with Crippen molar-refractivity contribution in [3.63, 3.8) is 0 Å². The zero-order valence-corrected chi connectivity index (χ0v) is 16.6. The first kappa shape index (κ1) is 20.3. The van der Waals surface area contributed by atoms with Crippen LogP contribution in [0.1, 0.15) is 25.5 Å². The van der Waals surface area contributed by atoms with Crippen molar-refractivity contribution < 1.29 is 17.9 Å². The van der Waals surface area contributed by atoms with E-state index in [1.165, 1.54) is 6.26 Å². The first-order chi connectivity index (χ1) is 12.3. The molecular weight excluding hydrogens is 350 g/mol. The van der Waals surface area contributed by atoms with Crippen molar-refractivity contribution >= 4 is 9.84 Å². The topological polar surface area (TPSA) is 55.8 Å². The summed E-state index contributed by atoms with van der Waals surface area (Å²) >= 11 is 0. The molecule has 0 saturated heterocycles. The molecule has 0 bridgehead atoms. The van der Waals surface area contributed by atoms with Crippen LogP contribution in [0.25, 0.3) is 0 Å². The Morgan fingerprint density at radius 2 is 1.50 bits per heavy atom. The SMILES string of the molecule is CCOc1ccc(OCCN(C)C(C)c2ccc(S(C)(=O)=O)cc2)cc1. The number of benzene rings is 2. The lowest BCUT2D eigenvalue weighted by Crippen LogP contribution is -2.27. The summed E-state index contributed by atoms with van der Waals surface area (Å²) in [5.41, 5.74) is 1.07. The minimum absolute atomic E-state index is 0.160. The fourth-order valence-electron chi connectivity index (χ4n) is 2.55. The maximum absolute atomic E-state index is 11.5. The molecule has 142 valence electrons. The Bertz CT molecular complexity index is 786. The molecule has 0 heterocycles. The summed E-state index contributed by atoms with van der Waals surface area (Å²) in [6.45, 7) is 6.01. The number of ether oxygens (including phenoxy) is 2. The molecule has 0 saturated carbocycles. The lowest BCUT2D eigenvalue weighted by atomic mass is 10.1. The fourth-order valence-corrected chi connectivity index (χ4v) is 3.18. The summed E-state index contributed by atoms with van der Waals surface area (Å²) in [7, 11) is -1.14. The molecule has 6 heteroatoms. The Hall–Kier alpha value is -2.05. The molecule has 0 radical (unpaired) electrons. The van der Waals surface area contributed by atoms with E-state index in [0.717, 1.165) is 23.6 Å². The summed E-state index contributed by atoms with van der Waals surface area (Å²) in [4.78, 5) is 2.51. The Morgan fingerprint density at radius 1 is 0.962 bits per heavy atom. The van der Waals surface area contributed by atoms with E-state index >= 15 is 0 Å². The number of sulfone groups is 1. The molecule has 0 amide bonds. The molecule has 0 N–H and O–H groups in total. The Labute approximate surface area is 156 Å². The van der Waals surface area contributed by atoms with Crippen molar-refractivity contribution in [3.8, 4) is 11.5 Å². The standard InChI is InChI=1S/C20H27NO4S/c1-5-24-18-8-10-19(11-9-18)25-15-14-21(3)16(2)17-6-12-20(13-7-17)26(4,22)23/h6-13,16H,5,14-15H2,1-4H3. The van der Waals surface area contributed by atoms with Crippen LogP contribution in [-0.4, -0.2) is 46.4 Å². The molecule has 1 atom stereocenters. The Kier molecular flexibility index (Phi) is 7.06. The number of likely N-dealkylation sites (N-methyl/N-ethyl adjacent to an activating group) is 1. The van der Waals surface area contributed by atoms with Crippen LogP contribution in [-0.2, 0) is 9.84 Å². The third-order valence-electron chi connectivity index (χ3n) is 4.30. The van der Waals surface area contributed by atoms with E-state index in [-0.39, 0.29) is 6.04 Å². The molecule has 0 aliphatic carbocycles. The molecule has 0 aromatic heterocycles. The highest BCUT2D eigenvalue weighted by Crippen LogP contribution is 2.21. The molecule has 0 aliphatic rings. The van der Waals surface area contributed by atoms with Gasteiger partial charge in [0.1, 0.15) is 18.1 Å². The van der Waals surface area contributed by atoms with Gasteiger partial charge in [-0.1, -0.05) is 12.1 Å². The van der Waals surface area contributed by atoms with Gasteiger partial charge in [0.15, 0.2) is 9.84 Å². The zero-order chi connectivity index (χ0) is 19.2. The largest absolute Gasteiger partial charge is 0.494 e. The number of nitrogens with zero attached hydrogens (tertiary/aromatic N) is 1. The highest BCUT2D eigenvalue weighted by molar-refractivity contribution is 7.90. The molecule has 26 heavy (non-hydrogen) atoms. The van der Waals surface area contributed by atoms with E-state index in [4.69, 9.17) is 9.47 Å². The van der Waals surface area contributed by atoms with Crippen molar-refractivity contribution in [2.45, 2.75) is 24.8 Å². The van der Waals surface area contributed by atoms with Crippen LogP contribution < -0.4 is 9.47 Å². The highest BCUT2D eigenvalue weighted by Gasteiger charge is 2.13. The van der Waals surface area contributed by atoms with Crippen LogP contribution in [0.3, 0.4) is 0 Å². The van der Waals surface area contributed by atoms with Gasteiger partial charge in [-0.3, -0.25) is 4.90 Å². The van der Waals surface area contributed by atoms with E-state index in [0.29, 0.717) is 18.1 Å². The van der Waals surface area contributed by atoms with Crippen molar-refractivity contribution in [1.82, 2.24) is 4.90 Å². The Morgan fingerprint density at radius 3 is 2.00 bits per heavy atom. The second-order valence-electron chi connectivity index (χ2n) is 6.25. The molecule has 0 fully saturated rings. The van der Waals surface area contributed by atoms with Gasteiger partial charge in [-0.15, -0.1) is 0 Å². The van der Waals surface area contributed by atoms with E-state index in [9.17, 15) is 8.42 Å². The van der Waals surface area contributed by atoms with Gasteiger partial charge in [0, 0.05) is 18.8 Å². The molecule has 1 unspecified atom stereocenters. The summed E-state index contributed by atoms with van der Waals surface area (Å²) in [5.74, 6) is 1.65. The number of hydrogen-bond acceptors (Lipinski definition) is 5. The van der Waals surface area contributed by atoms with Gasteiger partial charge in [-0.25, -0.2) is 8.42 Å². The molecule has 2 aromatic carbocycles. The maximum Gasteiger partial charge on any atom is 0.175 e. The van der Waals surface area contributed by atoms with Gasteiger partial charge in [-0.2, -0.15) is 0 Å². The van der Waals surface area contributed by atoms with Crippen LogP contribution in [0, 0.1) is 0 Å². The predicted molar refractivity (Wildman–Crippen MR) is 104 cm³/mol. The van der Waals surface area contributed by atoms with E-state index in [1.807, 2.05) is 50.4 Å². The lowest BCUT2D eigenvalue weighted by Gasteiger charge is -2.25. The maximum atomic E-state index is 11.5. The fraction of sp³-hybridized carbons (Fsp3) is 0.400. The molecular formula is C20H27NO4S. The van der Waals surface area contributed by atoms with Crippen LogP contribution in [0.2, 0.25) is 0 Å². The molecule has 0 aliphatic heterocycles. The Balaban J connectivity index is 1.85. The van der Waals surface area contributed by atoms with Crippen molar-refractivity contribution in [2.24, 2.45) is 0 Å². The summed E-state index contributed by atoms with van der Waals surface area (Å²) in [5, 5.41) is 0. The minimum atomic E-state index is -3.16. The summed E-state index contributed by atoms with van der Waals surface area (Å²) in [6, 6.07) is 14.8. The van der Waals surface area contributed by atoms with Crippen LogP contribution in [0.5, 0.6) is 11.5 Å². The van der Waals surface area contributed by atoms with Crippen molar-refractivity contribution in [3.05, 3.63) is 54.1 Å². The zero-order valence-electron chi connectivity index (χ0n) is 15.8. The van der Waals surface area contributed by atoms with E-state index in [1.54, 1.807) is 12.1 Å². The second-order valence-corrected chi connectivity index (χ2v) is 8.27. The first-order valence-corrected chi connectivity index (χ1v) is 10.6. The predicted octanol–water partition coefficient (Wildman–Crippen LogP) is 3.56. The quantitative estimate of drug-likeness (QED) is 0.669. The first-order valence-electron chi connectivity index (χ1n) is 8.67. The highest BCUT2D eigenvalue weighted by atomic mass is 32.2. The lowest BCUT2D eigenvalue weighted by molar-refractivity contribution is 0.201. The molecule has 5 nitrogen and oxygen atoms in total. The normalized spacial score (nSPS) is 12.8. The summed E-state index contributed by atoms with van der Waals surface area (Å²) in [6.07, 6.45) is 1.22. The van der Waals surface area contributed by atoms with Gasteiger partial charge in [-0.05, 0) is 62.9 Å². The number of hydrogen-bond donors (Lipinski definition) is 0.